The number of rotatable bonds is 3. The number of hydrogen-bond acceptors (Lipinski definition) is 3. The smallest absolute Gasteiger partial charge is 0.337 e. The van der Waals surface area contributed by atoms with E-state index in [4.69, 9.17) is 16.7 Å². The van der Waals surface area contributed by atoms with Crippen LogP contribution in [0.15, 0.2) is 47.4 Å². The van der Waals surface area contributed by atoms with Crippen LogP contribution in [0.3, 0.4) is 0 Å². The minimum atomic E-state index is -1.01. The lowest BCUT2D eigenvalue weighted by molar-refractivity contribution is 0.0697. The van der Waals surface area contributed by atoms with Crippen LogP contribution in [0.4, 0.5) is 11.4 Å². The van der Waals surface area contributed by atoms with Crippen LogP contribution in [0.2, 0.25) is 5.02 Å². The maximum Gasteiger partial charge on any atom is 0.337 e. The van der Waals surface area contributed by atoms with E-state index in [1.807, 2.05) is 12.1 Å². The highest BCUT2D eigenvalue weighted by molar-refractivity contribution is 7.80. The molecule has 5 heteroatoms. The molecule has 2 rings (SSSR count). The van der Waals surface area contributed by atoms with Gasteiger partial charge in [-0.15, -0.1) is 12.6 Å². The summed E-state index contributed by atoms with van der Waals surface area (Å²) in [6.07, 6.45) is 0. The maximum absolute atomic E-state index is 11.1. The summed E-state index contributed by atoms with van der Waals surface area (Å²) < 4.78 is 0. The largest absolute Gasteiger partial charge is 0.478 e. The predicted octanol–water partition coefficient (Wildman–Crippen LogP) is 4.07. The van der Waals surface area contributed by atoms with Gasteiger partial charge >= 0.3 is 5.97 Å². The molecule has 0 atom stereocenters. The summed E-state index contributed by atoms with van der Waals surface area (Å²) >= 11 is 10.1. The Bertz CT molecular complexity index is 601. The molecule has 2 N–H and O–H groups in total. The molecule has 0 saturated carbocycles. The van der Waals surface area contributed by atoms with Crippen molar-refractivity contribution in [2.45, 2.75) is 4.90 Å². The molecule has 18 heavy (non-hydrogen) atoms. The predicted molar refractivity (Wildman–Crippen MR) is 75.4 cm³/mol. The molecule has 0 aromatic heterocycles. The number of aromatic carboxylic acids is 1. The Morgan fingerprint density at radius 3 is 2.56 bits per heavy atom. The Kier molecular flexibility index (Phi) is 3.79. The molecule has 2 aromatic carbocycles. The van der Waals surface area contributed by atoms with E-state index in [1.54, 1.807) is 24.3 Å². The minimum absolute atomic E-state index is 0.155. The lowest BCUT2D eigenvalue weighted by Gasteiger charge is -2.11. The molecule has 0 fully saturated rings. The van der Waals surface area contributed by atoms with E-state index in [2.05, 4.69) is 17.9 Å². The second-order valence-corrected chi connectivity index (χ2v) is 4.56. The number of carboxylic acid groups (broad SMARTS) is 1. The van der Waals surface area contributed by atoms with Crippen LogP contribution in [-0.2, 0) is 0 Å². The Hall–Kier alpha value is -1.65. The summed E-state index contributed by atoms with van der Waals surface area (Å²) in [5.41, 5.74) is 1.30. The highest BCUT2D eigenvalue weighted by Crippen LogP contribution is 2.28. The van der Waals surface area contributed by atoms with E-state index >= 15 is 0 Å². The Morgan fingerprint density at radius 2 is 1.89 bits per heavy atom. The molecule has 0 aliphatic rings. The van der Waals surface area contributed by atoms with Gasteiger partial charge in [0.1, 0.15) is 0 Å². The molecule has 0 radical (unpaired) electrons. The van der Waals surface area contributed by atoms with Gasteiger partial charge < -0.3 is 10.4 Å². The van der Waals surface area contributed by atoms with E-state index in [1.165, 1.54) is 6.07 Å². The van der Waals surface area contributed by atoms with E-state index in [0.717, 1.165) is 0 Å². The molecule has 2 aromatic rings. The van der Waals surface area contributed by atoms with Crippen molar-refractivity contribution in [3.05, 3.63) is 53.1 Å². The number of halogens is 1. The van der Waals surface area contributed by atoms with Gasteiger partial charge in [-0.2, -0.15) is 0 Å². The van der Waals surface area contributed by atoms with E-state index < -0.39 is 5.97 Å². The van der Waals surface area contributed by atoms with Gasteiger partial charge in [0.2, 0.25) is 0 Å². The summed E-state index contributed by atoms with van der Waals surface area (Å²) in [5.74, 6) is -1.01. The van der Waals surface area contributed by atoms with Crippen molar-refractivity contribution >= 4 is 41.6 Å². The Labute approximate surface area is 115 Å². The summed E-state index contributed by atoms with van der Waals surface area (Å²) in [6, 6.07) is 12.0. The fraction of sp³-hybridized carbons (Fsp3) is 0. The van der Waals surface area contributed by atoms with Gasteiger partial charge in [-0.1, -0.05) is 23.7 Å². The van der Waals surface area contributed by atoms with Crippen LogP contribution in [0, 0.1) is 0 Å². The highest BCUT2D eigenvalue weighted by atomic mass is 35.5. The first-order chi connectivity index (χ1) is 8.58. The number of nitrogens with one attached hydrogen (secondary N) is 1. The Morgan fingerprint density at radius 1 is 1.17 bits per heavy atom. The molecule has 0 unspecified atom stereocenters. The van der Waals surface area contributed by atoms with Crippen LogP contribution in [-0.4, -0.2) is 11.1 Å². The first kappa shape index (κ1) is 12.8. The van der Waals surface area contributed by atoms with Crippen molar-refractivity contribution in [1.29, 1.82) is 0 Å². The summed E-state index contributed by atoms with van der Waals surface area (Å²) in [4.78, 5) is 11.7. The van der Waals surface area contributed by atoms with Crippen molar-refractivity contribution in [3.8, 4) is 0 Å². The number of hydrogen-bond donors (Lipinski definition) is 3. The first-order valence-corrected chi connectivity index (χ1v) is 5.98. The van der Waals surface area contributed by atoms with Crippen LogP contribution >= 0.6 is 24.2 Å². The normalized spacial score (nSPS) is 10.1. The molecule has 0 amide bonds. The van der Waals surface area contributed by atoms with Crippen molar-refractivity contribution in [2.75, 3.05) is 5.32 Å². The van der Waals surface area contributed by atoms with E-state index in [9.17, 15) is 4.79 Å². The van der Waals surface area contributed by atoms with Gasteiger partial charge in [-0.3, -0.25) is 0 Å². The molecule has 0 bridgehead atoms. The second-order valence-electron chi connectivity index (χ2n) is 3.64. The average molecular weight is 280 g/mol. The number of carbonyl (C=O) groups is 1. The molecular weight excluding hydrogens is 270 g/mol. The molecule has 0 spiro atoms. The zero-order chi connectivity index (χ0) is 13.1. The summed E-state index contributed by atoms with van der Waals surface area (Å²) in [5, 5.41) is 12.7. The molecule has 3 nitrogen and oxygen atoms in total. The zero-order valence-electron chi connectivity index (χ0n) is 9.22. The topological polar surface area (TPSA) is 49.3 Å². The van der Waals surface area contributed by atoms with Crippen molar-refractivity contribution in [2.24, 2.45) is 0 Å². The van der Waals surface area contributed by atoms with Crippen molar-refractivity contribution < 1.29 is 9.90 Å². The van der Waals surface area contributed by atoms with Crippen molar-refractivity contribution in [3.63, 3.8) is 0 Å². The third-order valence-corrected chi connectivity index (χ3v) is 2.98. The maximum atomic E-state index is 11.1. The van der Waals surface area contributed by atoms with E-state index in [-0.39, 0.29) is 5.56 Å². The second kappa shape index (κ2) is 5.33. The molecule has 0 aliphatic carbocycles. The summed E-state index contributed by atoms with van der Waals surface area (Å²) in [6.45, 7) is 0. The first-order valence-electron chi connectivity index (χ1n) is 5.16. The van der Waals surface area contributed by atoms with Gasteiger partial charge in [0.15, 0.2) is 0 Å². The van der Waals surface area contributed by atoms with Gasteiger partial charge in [-0.25, -0.2) is 4.79 Å². The van der Waals surface area contributed by atoms with Crippen molar-refractivity contribution in [1.82, 2.24) is 0 Å². The quantitative estimate of drug-likeness (QED) is 0.742. The standard InChI is InChI=1S/C13H10ClNO2S/c14-10-3-1-2-4-12(10)15-11-6-5-8(18)7-9(11)13(16)17/h1-7,15,18H,(H,16,17). The SMILES string of the molecule is O=C(O)c1cc(S)ccc1Nc1ccccc1Cl. The molecule has 92 valence electrons. The number of carboxylic acids is 1. The minimum Gasteiger partial charge on any atom is -0.478 e. The van der Waals surface area contributed by atoms with Crippen LogP contribution in [0.25, 0.3) is 0 Å². The summed E-state index contributed by atoms with van der Waals surface area (Å²) in [7, 11) is 0. The zero-order valence-corrected chi connectivity index (χ0v) is 10.9. The highest BCUT2D eigenvalue weighted by Gasteiger charge is 2.11. The van der Waals surface area contributed by atoms with Crippen LogP contribution in [0.5, 0.6) is 0 Å². The number of para-hydroxylation sites is 1. The van der Waals surface area contributed by atoms with Gasteiger partial charge in [0.05, 0.1) is 22.0 Å². The molecule has 0 heterocycles. The third kappa shape index (κ3) is 2.78. The Balaban J connectivity index is 2.41. The number of benzene rings is 2. The monoisotopic (exact) mass is 279 g/mol. The lowest BCUT2D eigenvalue weighted by Crippen LogP contribution is -2.03. The molecular formula is C13H10ClNO2S. The van der Waals surface area contributed by atoms with Gasteiger partial charge in [0, 0.05) is 4.90 Å². The fourth-order valence-electron chi connectivity index (χ4n) is 1.53. The van der Waals surface area contributed by atoms with Crippen LogP contribution < -0.4 is 5.32 Å². The fourth-order valence-corrected chi connectivity index (χ4v) is 1.91. The average Bonchev–Trinajstić information content (AvgIpc) is 2.34. The molecule has 0 aliphatic heterocycles. The third-order valence-electron chi connectivity index (χ3n) is 2.38. The lowest BCUT2D eigenvalue weighted by atomic mass is 10.1. The van der Waals surface area contributed by atoms with Crippen LogP contribution in [0.1, 0.15) is 10.4 Å². The number of thiol groups is 1. The van der Waals surface area contributed by atoms with Gasteiger partial charge in [-0.05, 0) is 30.3 Å². The molecule has 0 saturated heterocycles. The van der Waals surface area contributed by atoms with E-state index in [0.29, 0.717) is 21.3 Å². The van der Waals surface area contributed by atoms with Gasteiger partial charge in [0.25, 0.3) is 0 Å². The number of anilines is 2.